The van der Waals surface area contributed by atoms with Gasteiger partial charge in [0.2, 0.25) is 0 Å². The number of furan rings is 2. The van der Waals surface area contributed by atoms with Gasteiger partial charge in [0, 0.05) is 6.54 Å². The molecule has 0 radical (unpaired) electrons. The van der Waals surface area contributed by atoms with Crippen LogP contribution in [0.3, 0.4) is 0 Å². The molecule has 3 heterocycles. The molecule has 0 saturated heterocycles. The van der Waals surface area contributed by atoms with Gasteiger partial charge >= 0.3 is 5.69 Å². The summed E-state index contributed by atoms with van der Waals surface area (Å²) in [4.78, 5) is 16.3. The van der Waals surface area contributed by atoms with Crippen LogP contribution in [0.2, 0.25) is 0 Å². The molecule has 0 N–H and O–H groups in total. The monoisotopic (exact) mass is 283 g/mol. The summed E-state index contributed by atoms with van der Waals surface area (Å²) < 4.78 is 12.2. The number of aromatic nitrogens is 3. The molecule has 0 amide bonds. The Morgan fingerprint density at radius 2 is 1.76 bits per heavy atom. The number of nitrogens with zero attached hydrogens (tertiary/aromatic N) is 3. The van der Waals surface area contributed by atoms with Crippen LogP contribution in [0.4, 0.5) is 0 Å². The van der Waals surface area contributed by atoms with E-state index in [-0.39, 0.29) is 5.69 Å². The lowest BCUT2D eigenvalue weighted by atomic mass is 10.2. The van der Waals surface area contributed by atoms with Crippen LogP contribution >= 0.6 is 0 Å². The van der Waals surface area contributed by atoms with Crippen molar-refractivity contribution in [1.29, 1.82) is 0 Å². The summed E-state index contributed by atoms with van der Waals surface area (Å²) in [5.74, 6) is 1.61. The van der Waals surface area contributed by atoms with Crippen LogP contribution in [0.15, 0.2) is 50.4 Å². The Labute approximate surface area is 120 Å². The molecule has 1 fully saturated rings. The van der Waals surface area contributed by atoms with Gasteiger partial charge in [-0.15, -0.1) is 0 Å². The topological polar surface area (TPSA) is 74.1 Å². The summed E-state index contributed by atoms with van der Waals surface area (Å²) in [5.41, 5.74) is 0.575. The zero-order chi connectivity index (χ0) is 14.2. The third-order valence-electron chi connectivity index (χ3n) is 3.51. The maximum absolute atomic E-state index is 12.1. The molecule has 0 atom stereocenters. The lowest BCUT2D eigenvalue weighted by Crippen LogP contribution is -2.27. The largest absolute Gasteiger partial charge is 0.463 e. The van der Waals surface area contributed by atoms with Crippen LogP contribution in [0.5, 0.6) is 0 Å². The minimum absolute atomic E-state index is 0.358. The van der Waals surface area contributed by atoms with Crippen molar-refractivity contribution in [2.45, 2.75) is 19.4 Å². The fourth-order valence-electron chi connectivity index (χ4n) is 2.25. The third-order valence-corrected chi connectivity index (χ3v) is 3.51. The molecule has 0 spiro atoms. The highest BCUT2D eigenvalue weighted by molar-refractivity contribution is 5.71. The molecule has 0 aromatic carbocycles. The first-order valence-corrected chi connectivity index (χ1v) is 6.88. The Morgan fingerprint density at radius 1 is 1.10 bits per heavy atom. The van der Waals surface area contributed by atoms with Gasteiger partial charge in [-0.05, 0) is 43.0 Å². The first-order chi connectivity index (χ1) is 10.3. The molecular weight excluding hydrogens is 270 g/mol. The van der Waals surface area contributed by atoms with E-state index in [1.807, 2.05) is 0 Å². The maximum atomic E-state index is 12.1. The van der Waals surface area contributed by atoms with Gasteiger partial charge in [-0.25, -0.2) is 9.48 Å². The molecule has 0 unspecified atom stereocenters. The van der Waals surface area contributed by atoms with Crippen molar-refractivity contribution in [2.75, 3.05) is 0 Å². The minimum Gasteiger partial charge on any atom is -0.463 e. The van der Waals surface area contributed by atoms with Gasteiger partial charge in [-0.2, -0.15) is 10.1 Å². The average molecular weight is 283 g/mol. The van der Waals surface area contributed by atoms with Crippen molar-refractivity contribution in [2.24, 2.45) is 5.92 Å². The van der Waals surface area contributed by atoms with E-state index in [9.17, 15) is 4.79 Å². The SMILES string of the molecule is O=c1nc(-c2ccco2)c(-c2ccco2)nn1CC1CC1. The Bertz CT molecular complexity index is 799. The highest BCUT2D eigenvalue weighted by Crippen LogP contribution is 2.31. The van der Waals surface area contributed by atoms with Gasteiger partial charge in [0.25, 0.3) is 0 Å². The molecule has 0 bridgehead atoms. The lowest BCUT2D eigenvalue weighted by molar-refractivity contribution is 0.510. The van der Waals surface area contributed by atoms with E-state index in [4.69, 9.17) is 8.83 Å². The van der Waals surface area contributed by atoms with Crippen LogP contribution in [0, 0.1) is 5.92 Å². The average Bonchev–Trinajstić information content (AvgIpc) is 2.99. The fraction of sp³-hybridized carbons (Fsp3) is 0.267. The summed E-state index contributed by atoms with van der Waals surface area (Å²) in [6, 6.07) is 7.07. The second kappa shape index (κ2) is 4.73. The molecule has 3 aromatic heterocycles. The van der Waals surface area contributed by atoms with E-state index in [1.54, 1.807) is 36.8 Å². The van der Waals surface area contributed by atoms with Gasteiger partial charge in [-0.1, -0.05) is 0 Å². The van der Waals surface area contributed by atoms with E-state index in [2.05, 4.69) is 10.1 Å². The first-order valence-electron chi connectivity index (χ1n) is 6.88. The van der Waals surface area contributed by atoms with Crippen molar-refractivity contribution in [1.82, 2.24) is 14.8 Å². The van der Waals surface area contributed by atoms with Gasteiger partial charge in [0.1, 0.15) is 5.69 Å². The maximum Gasteiger partial charge on any atom is 0.364 e. The summed E-state index contributed by atoms with van der Waals surface area (Å²) in [6.07, 6.45) is 5.40. The fourth-order valence-corrected chi connectivity index (χ4v) is 2.25. The normalized spacial score (nSPS) is 14.5. The van der Waals surface area contributed by atoms with Crippen molar-refractivity contribution in [3.8, 4) is 22.9 Å². The van der Waals surface area contributed by atoms with Gasteiger partial charge < -0.3 is 8.83 Å². The quantitative estimate of drug-likeness (QED) is 0.735. The molecule has 3 aromatic rings. The van der Waals surface area contributed by atoms with E-state index in [0.29, 0.717) is 35.4 Å². The second-order valence-electron chi connectivity index (χ2n) is 5.17. The smallest absolute Gasteiger partial charge is 0.364 e. The highest BCUT2D eigenvalue weighted by Gasteiger charge is 2.25. The predicted octanol–water partition coefficient (Wildman–Crippen LogP) is 2.57. The zero-order valence-electron chi connectivity index (χ0n) is 11.2. The summed E-state index contributed by atoms with van der Waals surface area (Å²) >= 11 is 0. The molecule has 0 aliphatic heterocycles. The molecule has 1 aliphatic rings. The highest BCUT2D eigenvalue weighted by atomic mass is 16.3. The van der Waals surface area contributed by atoms with Crippen molar-refractivity contribution >= 4 is 0 Å². The molecule has 21 heavy (non-hydrogen) atoms. The molecular formula is C15H13N3O3. The molecule has 1 aliphatic carbocycles. The third kappa shape index (κ3) is 2.29. The minimum atomic E-state index is -0.358. The molecule has 1 saturated carbocycles. The first kappa shape index (κ1) is 12.1. The number of hydrogen-bond donors (Lipinski definition) is 0. The lowest BCUT2D eigenvalue weighted by Gasteiger charge is -2.07. The zero-order valence-corrected chi connectivity index (χ0v) is 11.2. The molecule has 4 rings (SSSR count). The number of rotatable bonds is 4. The van der Waals surface area contributed by atoms with E-state index in [1.165, 1.54) is 4.68 Å². The molecule has 6 heteroatoms. The van der Waals surface area contributed by atoms with Gasteiger partial charge in [-0.3, -0.25) is 0 Å². The van der Waals surface area contributed by atoms with Crippen molar-refractivity contribution in [3.05, 3.63) is 47.3 Å². The van der Waals surface area contributed by atoms with Crippen molar-refractivity contribution in [3.63, 3.8) is 0 Å². The summed E-state index contributed by atoms with van der Waals surface area (Å²) in [5, 5.41) is 4.44. The second-order valence-corrected chi connectivity index (χ2v) is 5.17. The predicted molar refractivity (Wildman–Crippen MR) is 74.4 cm³/mol. The van der Waals surface area contributed by atoms with Gasteiger partial charge in [0.05, 0.1) is 12.5 Å². The van der Waals surface area contributed by atoms with E-state index >= 15 is 0 Å². The standard InChI is InChI=1S/C15H13N3O3/c19-15-16-13(11-3-1-7-20-11)14(12-4-2-8-21-12)17-18(15)9-10-5-6-10/h1-4,7-8,10H,5-6,9H2. The summed E-state index contributed by atoms with van der Waals surface area (Å²) in [7, 11) is 0. The van der Waals surface area contributed by atoms with Crippen LogP contribution in [-0.4, -0.2) is 14.8 Å². The molecule has 6 nitrogen and oxygen atoms in total. The van der Waals surface area contributed by atoms with Crippen LogP contribution in [0.1, 0.15) is 12.8 Å². The Hall–Kier alpha value is -2.63. The van der Waals surface area contributed by atoms with E-state index in [0.717, 1.165) is 12.8 Å². The van der Waals surface area contributed by atoms with E-state index < -0.39 is 0 Å². The Balaban J connectivity index is 1.89. The van der Waals surface area contributed by atoms with Gasteiger partial charge in [0.15, 0.2) is 17.2 Å². The summed E-state index contributed by atoms with van der Waals surface area (Å²) in [6.45, 7) is 0.609. The Kier molecular flexibility index (Phi) is 2.73. The van der Waals surface area contributed by atoms with Crippen molar-refractivity contribution < 1.29 is 8.83 Å². The van der Waals surface area contributed by atoms with Crippen LogP contribution in [-0.2, 0) is 6.54 Å². The van der Waals surface area contributed by atoms with Crippen LogP contribution in [0.25, 0.3) is 22.9 Å². The Morgan fingerprint density at radius 3 is 2.33 bits per heavy atom. The van der Waals surface area contributed by atoms with Crippen LogP contribution < -0.4 is 5.69 Å². The number of hydrogen-bond acceptors (Lipinski definition) is 5. The molecule has 106 valence electrons.